The Balaban J connectivity index is 1.44. The minimum Gasteiger partial charge on any atom is -0.308 e. The maximum atomic E-state index is 12.9. The second kappa shape index (κ2) is 8.39. The minimum atomic E-state index is -3.60. The lowest BCUT2D eigenvalue weighted by Crippen LogP contribution is -2.29. The summed E-state index contributed by atoms with van der Waals surface area (Å²) >= 11 is 5.06. The summed E-state index contributed by atoms with van der Waals surface area (Å²) in [6.07, 6.45) is 1.46. The number of halogens is 1. The molecule has 0 saturated carbocycles. The average molecular weight is 491 g/mol. The van der Waals surface area contributed by atoms with Gasteiger partial charge in [-0.1, -0.05) is 22.0 Å². The Morgan fingerprint density at radius 2 is 1.93 bits per heavy atom. The Kier molecular flexibility index (Phi) is 5.87. The molecule has 0 radical (unpaired) electrons. The molecule has 0 aliphatic carbocycles. The number of rotatable bonds is 6. The number of benzene rings is 2. The van der Waals surface area contributed by atoms with E-state index >= 15 is 0 Å². The number of sulfonamides is 1. The van der Waals surface area contributed by atoms with Gasteiger partial charge < -0.3 is 4.90 Å². The van der Waals surface area contributed by atoms with Crippen LogP contribution in [0.5, 0.6) is 0 Å². The quantitative estimate of drug-likeness (QED) is 0.561. The van der Waals surface area contributed by atoms with Gasteiger partial charge in [-0.2, -0.15) is 0 Å². The number of hydrogen-bond acceptors (Lipinski definition) is 4. The number of thiophene rings is 1. The molecule has 2 aromatic carbocycles. The molecule has 1 aromatic heterocycles. The van der Waals surface area contributed by atoms with E-state index in [1.807, 2.05) is 35.7 Å². The molecule has 0 unspecified atom stereocenters. The van der Waals surface area contributed by atoms with Crippen molar-refractivity contribution >= 4 is 48.9 Å². The van der Waals surface area contributed by atoms with Gasteiger partial charge >= 0.3 is 0 Å². The molecule has 4 rings (SSSR count). The van der Waals surface area contributed by atoms with E-state index in [0.717, 1.165) is 27.0 Å². The highest BCUT2D eigenvalue weighted by Crippen LogP contribution is 2.31. The van der Waals surface area contributed by atoms with Crippen molar-refractivity contribution in [1.29, 1.82) is 0 Å². The van der Waals surface area contributed by atoms with Crippen molar-refractivity contribution in [2.45, 2.75) is 17.7 Å². The van der Waals surface area contributed by atoms with Crippen LogP contribution in [0.4, 0.5) is 5.69 Å². The first-order valence-corrected chi connectivity index (χ1v) is 12.3. The van der Waals surface area contributed by atoms with Crippen LogP contribution in [0, 0.1) is 0 Å². The Morgan fingerprint density at radius 3 is 2.66 bits per heavy atom. The Bertz CT molecular complexity index is 1130. The van der Waals surface area contributed by atoms with Crippen LogP contribution < -0.4 is 9.62 Å². The molecule has 0 spiro atoms. The lowest BCUT2D eigenvalue weighted by molar-refractivity contribution is 0.0989. The molecule has 1 amide bonds. The van der Waals surface area contributed by atoms with Gasteiger partial charge in [-0.15, -0.1) is 11.3 Å². The fourth-order valence-electron chi connectivity index (χ4n) is 3.36. The number of amides is 1. The SMILES string of the molecule is O=C(c1ccc(S(=O)(=O)NCCc2cccs2)cc1)N1CCc2cc(Br)ccc21. The second-order valence-corrected chi connectivity index (χ2v) is 10.4. The third-order valence-corrected chi connectivity index (χ3v) is 7.74. The van der Waals surface area contributed by atoms with Crippen LogP contribution in [0.15, 0.2) is 69.3 Å². The first-order valence-electron chi connectivity index (χ1n) is 9.16. The largest absolute Gasteiger partial charge is 0.308 e. The maximum Gasteiger partial charge on any atom is 0.258 e. The zero-order valence-electron chi connectivity index (χ0n) is 15.5. The lowest BCUT2D eigenvalue weighted by atomic mass is 10.1. The van der Waals surface area contributed by atoms with E-state index in [1.54, 1.807) is 28.4 Å². The van der Waals surface area contributed by atoms with E-state index in [1.165, 1.54) is 12.1 Å². The topological polar surface area (TPSA) is 66.5 Å². The molecule has 29 heavy (non-hydrogen) atoms. The standard InChI is InChI=1S/C21H19BrN2O3S2/c22-17-5-8-20-16(14-17)10-12-24(20)21(25)15-3-6-19(7-4-15)29(26,27)23-11-9-18-2-1-13-28-18/h1-8,13-14,23H,9-12H2. The zero-order chi connectivity index (χ0) is 20.4. The van der Waals surface area contributed by atoms with E-state index in [4.69, 9.17) is 0 Å². The van der Waals surface area contributed by atoms with Gasteiger partial charge in [0.15, 0.2) is 0 Å². The van der Waals surface area contributed by atoms with Crippen LogP contribution in [0.1, 0.15) is 20.8 Å². The van der Waals surface area contributed by atoms with E-state index in [-0.39, 0.29) is 10.8 Å². The van der Waals surface area contributed by atoms with Gasteiger partial charge in [0.25, 0.3) is 5.91 Å². The van der Waals surface area contributed by atoms with Gasteiger partial charge in [-0.05, 0) is 72.3 Å². The van der Waals surface area contributed by atoms with Gasteiger partial charge in [0.1, 0.15) is 0 Å². The summed E-state index contributed by atoms with van der Waals surface area (Å²) in [6.45, 7) is 0.957. The van der Waals surface area contributed by atoms with Gasteiger partial charge in [0, 0.05) is 33.7 Å². The predicted octanol–water partition coefficient (Wildman–Crippen LogP) is 4.23. The molecule has 0 atom stereocenters. The highest BCUT2D eigenvalue weighted by molar-refractivity contribution is 9.10. The smallest absolute Gasteiger partial charge is 0.258 e. The van der Waals surface area contributed by atoms with Crippen LogP contribution >= 0.6 is 27.3 Å². The van der Waals surface area contributed by atoms with E-state index in [9.17, 15) is 13.2 Å². The molecule has 150 valence electrons. The zero-order valence-corrected chi connectivity index (χ0v) is 18.7. The maximum absolute atomic E-state index is 12.9. The first kappa shape index (κ1) is 20.3. The van der Waals surface area contributed by atoms with Gasteiger partial charge in [0.2, 0.25) is 10.0 Å². The third-order valence-electron chi connectivity index (χ3n) is 4.84. The summed E-state index contributed by atoms with van der Waals surface area (Å²) < 4.78 is 28.6. The summed E-state index contributed by atoms with van der Waals surface area (Å²) in [4.78, 5) is 15.9. The van der Waals surface area contributed by atoms with Crippen molar-refractivity contribution in [3.63, 3.8) is 0 Å². The molecule has 5 nitrogen and oxygen atoms in total. The number of carbonyl (C=O) groups is 1. The van der Waals surface area contributed by atoms with Crippen molar-refractivity contribution in [3.8, 4) is 0 Å². The summed E-state index contributed by atoms with van der Waals surface area (Å²) in [5.41, 5.74) is 2.50. The normalized spacial score (nSPS) is 13.5. The highest BCUT2D eigenvalue weighted by atomic mass is 79.9. The predicted molar refractivity (Wildman–Crippen MR) is 119 cm³/mol. The molecule has 0 fully saturated rings. The first-order chi connectivity index (χ1) is 13.9. The van der Waals surface area contributed by atoms with Crippen molar-refractivity contribution in [2.24, 2.45) is 0 Å². The van der Waals surface area contributed by atoms with Crippen LogP contribution in [-0.2, 0) is 22.9 Å². The van der Waals surface area contributed by atoms with Gasteiger partial charge in [-0.3, -0.25) is 4.79 Å². The number of fused-ring (bicyclic) bond motifs is 1. The second-order valence-electron chi connectivity index (χ2n) is 6.73. The summed E-state index contributed by atoms with van der Waals surface area (Å²) in [7, 11) is -3.60. The Hall–Kier alpha value is -2.00. The van der Waals surface area contributed by atoms with Crippen molar-refractivity contribution in [1.82, 2.24) is 4.72 Å². The molecular formula is C21H19BrN2O3S2. The number of nitrogens with zero attached hydrogens (tertiary/aromatic N) is 1. The van der Waals surface area contributed by atoms with Crippen LogP contribution in [0.25, 0.3) is 0 Å². The molecule has 1 N–H and O–H groups in total. The van der Waals surface area contributed by atoms with Crippen molar-refractivity contribution < 1.29 is 13.2 Å². The average Bonchev–Trinajstić information content (AvgIpc) is 3.37. The molecule has 0 bridgehead atoms. The highest BCUT2D eigenvalue weighted by Gasteiger charge is 2.26. The van der Waals surface area contributed by atoms with Crippen LogP contribution in [0.3, 0.4) is 0 Å². The number of nitrogens with one attached hydrogen (secondary N) is 1. The molecule has 1 aliphatic heterocycles. The fraction of sp³-hybridized carbons (Fsp3) is 0.190. The molecular weight excluding hydrogens is 472 g/mol. The number of anilines is 1. The lowest BCUT2D eigenvalue weighted by Gasteiger charge is -2.17. The van der Waals surface area contributed by atoms with Crippen LogP contribution in [-0.4, -0.2) is 27.4 Å². The third kappa shape index (κ3) is 4.45. The van der Waals surface area contributed by atoms with Gasteiger partial charge in [-0.25, -0.2) is 13.1 Å². The Morgan fingerprint density at radius 1 is 1.14 bits per heavy atom. The van der Waals surface area contributed by atoms with Crippen molar-refractivity contribution in [3.05, 3.63) is 80.5 Å². The number of carbonyl (C=O) groups excluding carboxylic acids is 1. The fourth-order valence-corrected chi connectivity index (χ4v) is 5.51. The van der Waals surface area contributed by atoms with E-state index in [0.29, 0.717) is 25.1 Å². The Labute approximate surface area is 182 Å². The molecule has 1 aliphatic rings. The summed E-state index contributed by atoms with van der Waals surface area (Å²) in [5, 5.41) is 1.97. The molecule has 3 aromatic rings. The summed E-state index contributed by atoms with van der Waals surface area (Å²) in [5.74, 6) is -0.124. The van der Waals surface area contributed by atoms with Gasteiger partial charge in [0.05, 0.1) is 4.90 Å². The summed E-state index contributed by atoms with van der Waals surface area (Å²) in [6, 6.07) is 15.9. The van der Waals surface area contributed by atoms with E-state index < -0.39 is 10.0 Å². The van der Waals surface area contributed by atoms with Crippen molar-refractivity contribution in [2.75, 3.05) is 18.0 Å². The monoisotopic (exact) mass is 490 g/mol. The molecule has 0 saturated heterocycles. The minimum absolute atomic E-state index is 0.124. The number of hydrogen-bond donors (Lipinski definition) is 1. The van der Waals surface area contributed by atoms with Crippen LogP contribution in [0.2, 0.25) is 0 Å². The van der Waals surface area contributed by atoms with E-state index in [2.05, 4.69) is 20.7 Å². The molecule has 8 heteroatoms. The molecule has 2 heterocycles.